The molecule has 0 radical (unpaired) electrons. The maximum atomic E-state index is 11.2. The number of carboxylic acids is 1. The molecule has 7 heteroatoms. The van der Waals surface area contributed by atoms with Gasteiger partial charge in [-0.25, -0.2) is 10.3 Å². The van der Waals surface area contributed by atoms with Gasteiger partial charge in [-0.1, -0.05) is 35.3 Å². The van der Waals surface area contributed by atoms with Gasteiger partial charge in [-0.15, -0.1) is 0 Å². The van der Waals surface area contributed by atoms with E-state index in [0.717, 1.165) is 6.08 Å². The van der Waals surface area contributed by atoms with E-state index in [1.165, 1.54) is 6.08 Å². The van der Waals surface area contributed by atoms with Crippen LogP contribution in [-0.2, 0) is 14.4 Å². The molecular formula is C11H9Cl2NO4. The molecule has 0 bridgehead atoms. The first-order valence-corrected chi connectivity index (χ1v) is 5.52. The molecule has 0 unspecified atom stereocenters. The summed E-state index contributed by atoms with van der Waals surface area (Å²) in [5, 5.41) is 8.98. The lowest BCUT2D eigenvalue weighted by atomic mass is 10.2. The highest BCUT2D eigenvalue weighted by atomic mass is 35.5. The van der Waals surface area contributed by atoms with Crippen LogP contribution in [0.1, 0.15) is 5.56 Å². The maximum Gasteiger partial charge on any atom is 0.332 e. The average molecular weight is 290 g/mol. The zero-order chi connectivity index (χ0) is 13.5. The van der Waals surface area contributed by atoms with E-state index in [1.54, 1.807) is 18.2 Å². The Hall–Kier alpha value is -1.56. The van der Waals surface area contributed by atoms with Crippen molar-refractivity contribution >= 4 is 41.2 Å². The van der Waals surface area contributed by atoms with E-state index >= 15 is 0 Å². The minimum atomic E-state index is -1.18. The Labute approximate surface area is 113 Å². The van der Waals surface area contributed by atoms with Crippen LogP contribution in [0.2, 0.25) is 10.0 Å². The lowest BCUT2D eigenvalue weighted by molar-refractivity contribution is -0.147. The van der Waals surface area contributed by atoms with Crippen molar-refractivity contribution in [3.63, 3.8) is 0 Å². The first-order valence-electron chi connectivity index (χ1n) is 4.76. The van der Waals surface area contributed by atoms with Crippen LogP contribution in [0.5, 0.6) is 0 Å². The Kier molecular flexibility index (Phi) is 5.64. The molecule has 2 N–H and O–H groups in total. The summed E-state index contributed by atoms with van der Waals surface area (Å²) in [5.41, 5.74) is 2.50. The summed E-state index contributed by atoms with van der Waals surface area (Å²) in [6.07, 6.45) is 2.59. The summed E-state index contributed by atoms with van der Waals surface area (Å²) in [4.78, 5) is 25.7. The first kappa shape index (κ1) is 14.5. The van der Waals surface area contributed by atoms with E-state index in [1.807, 2.05) is 5.48 Å². The molecule has 1 amide bonds. The molecule has 0 aliphatic heterocycles. The van der Waals surface area contributed by atoms with E-state index in [0.29, 0.717) is 15.6 Å². The zero-order valence-corrected chi connectivity index (χ0v) is 10.5. The molecule has 0 saturated carbocycles. The largest absolute Gasteiger partial charge is 0.479 e. The lowest BCUT2D eigenvalue weighted by Crippen LogP contribution is -2.24. The number of hydroxylamine groups is 1. The molecule has 0 aliphatic rings. The molecule has 18 heavy (non-hydrogen) atoms. The Morgan fingerprint density at radius 1 is 1.39 bits per heavy atom. The Balaban J connectivity index is 2.56. The van der Waals surface area contributed by atoms with Crippen molar-refractivity contribution in [2.24, 2.45) is 0 Å². The fourth-order valence-corrected chi connectivity index (χ4v) is 1.39. The number of aliphatic carboxylic acids is 1. The predicted molar refractivity (Wildman–Crippen MR) is 67.2 cm³/mol. The Bertz CT molecular complexity index is 488. The van der Waals surface area contributed by atoms with Crippen molar-refractivity contribution in [3.05, 3.63) is 39.9 Å². The van der Waals surface area contributed by atoms with Crippen LogP contribution in [0.3, 0.4) is 0 Å². The van der Waals surface area contributed by atoms with Gasteiger partial charge in [-0.2, -0.15) is 0 Å². The van der Waals surface area contributed by atoms with Crippen LogP contribution in [0.25, 0.3) is 6.08 Å². The molecule has 0 aromatic heterocycles. The molecule has 5 nitrogen and oxygen atoms in total. The standard InChI is InChI=1S/C11H9Cl2NO4/c12-8-3-1-2-7(11(8)13)4-5-9(15)14-18-6-10(16)17/h1-5H,6H2,(H,14,15)(H,16,17). The molecule has 0 aliphatic carbocycles. The van der Waals surface area contributed by atoms with Crippen molar-refractivity contribution < 1.29 is 19.5 Å². The summed E-state index contributed by atoms with van der Waals surface area (Å²) < 4.78 is 0. The Morgan fingerprint density at radius 3 is 2.78 bits per heavy atom. The molecule has 0 fully saturated rings. The topological polar surface area (TPSA) is 75.6 Å². The van der Waals surface area contributed by atoms with Gasteiger partial charge in [-0.05, 0) is 17.7 Å². The summed E-state index contributed by atoms with van der Waals surface area (Å²) in [6.45, 7) is -0.614. The van der Waals surface area contributed by atoms with Crippen LogP contribution < -0.4 is 5.48 Å². The molecule has 1 aromatic carbocycles. The number of carbonyl (C=O) groups is 2. The highest BCUT2D eigenvalue weighted by Crippen LogP contribution is 2.26. The second-order valence-corrected chi connectivity index (χ2v) is 3.91. The fraction of sp³-hybridized carbons (Fsp3) is 0.0909. The van der Waals surface area contributed by atoms with E-state index in [2.05, 4.69) is 4.84 Å². The van der Waals surface area contributed by atoms with E-state index in [-0.39, 0.29) is 0 Å². The molecule has 96 valence electrons. The summed E-state index contributed by atoms with van der Waals surface area (Å²) in [7, 11) is 0. The third-order valence-corrected chi connectivity index (χ3v) is 2.60. The number of rotatable bonds is 5. The zero-order valence-electron chi connectivity index (χ0n) is 9.02. The lowest BCUT2D eigenvalue weighted by Gasteiger charge is -2.01. The van der Waals surface area contributed by atoms with Gasteiger partial charge in [-0.3, -0.25) is 9.63 Å². The van der Waals surface area contributed by atoms with Gasteiger partial charge < -0.3 is 5.11 Å². The molecule has 0 heterocycles. The second-order valence-electron chi connectivity index (χ2n) is 3.13. The maximum absolute atomic E-state index is 11.2. The normalized spacial score (nSPS) is 10.6. The molecule has 1 aromatic rings. The van der Waals surface area contributed by atoms with Crippen molar-refractivity contribution in [2.75, 3.05) is 6.61 Å². The number of amides is 1. The van der Waals surface area contributed by atoms with Crippen LogP contribution in [0.15, 0.2) is 24.3 Å². The molecule has 0 atom stereocenters. The first-order chi connectivity index (χ1) is 8.50. The molecular weight excluding hydrogens is 281 g/mol. The fourth-order valence-electron chi connectivity index (χ4n) is 1.02. The van der Waals surface area contributed by atoms with Crippen molar-refractivity contribution in [1.82, 2.24) is 5.48 Å². The van der Waals surface area contributed by atoms with Crippen molar-refractivity contribution in [1.29, 1.82) is 0 Å². The van der Waals surface area contributed by atoms with Gasteiger partial charge in [0.25, 0.3) is 5.91 Å². The molecule has 0 spiro atoms. The van der Waals surface area contributed by atoms with Crippen LogP contribution >= 0.6 is 23.2 Å². The minimum absolute atomic E-state index is 0.328. The van der Waals surface area contributed by atoms with Crippen molar-refractivity contribution in [2.45, 2.75) is 0 Å². The van der Waals surface area contributed by atoms with E-state index in [9.17, 15) is 9.59 Å². The number of nitrogens with one attached hydrogen (secondary N) is 1. The third kappa shape index (κ3) is 4.75. The van der Waals surface area contributed by atoms with Gasteiger partial charge in [0.15, 0.2) is 6.61 Å². The van der Waals surface area contributed by atoms with Gasteiger partial charge in [0.1, 0.15) is 0 Å². The highest BCUT2D eigenvalue weighted by Gasteiger charge is 2.02. The van der Waals surface area contributed by atoms with Crippen LogP contribution in [0, 0.1) is 0 Å². The molecule has 1 rings (SSSR count). The summed E-state index contributed by atoms with van der Waals surface area (Å²) >= 11 is 11.7. The second kappa shape index (κ2) is 7.00. The smallest absolute Gasteiger partial charge is 0.332 e. The number of hydrogen-bond acceptors (Lipinski definition) is 3. The summed E-state index contributed by atoms with van der Waals surface area (Å²) in [5.74, 6) is -1.79. The van der Waals surface area contributed by atoms with E-state index in [4.69, 9.17) is 28.3 Å². The molecule has 0 saturated heterocycles. The predicted octanol–water partition coefficient (Wildman–Crippen LogP) is 2.14. The number of hydrogen-bond donors (Lipinski definition) is 2. The van der Waals surface area contributed by atoms with Gasteiger partial charge >= 0.3 is 5.97 Å². The van der Waals surface area contributed by atoms with Gasteiger partial charge in [0.2, 0.25) is 0 Å². The Morgan fingerprint density at radius 2 is 2.11 bits per heavy atom. The van der Waals surface area contributed by atoms with Crippen LogP contribution in [-0.4, -0.2) is 23.6 Å². The van der Waals surface area contributed by atoms with E-state index < -0.39 is 18.5 Å². The summed E-state index contributed by atoms with van der Waals surface area (Å²) in [6, 6.07) is 4.99. The number of halogens is 2. The average Bonchev–Trinajstić information content (AvgIpc) is 2.30. The van der Waals surface area contributed by atoms with Crippen LogP contribution in [0.4, 0.5) is 0 Å². The monoisotopic (exact) mass is 289 g/mol. The number of benzene rings is 1. The number of carboxylic acid groups (broad SMARTS) is 1. The SMILES string of the molecule is O=C(O)CONC(=O)C=Cc1cccc(Cl)c1Cl. The van der Waals surface area contributed by atoms with Crippen molar-refractivity contribution in [3.8, 4) is 0 Å². The number of carbonyl (C=O) groups excluding carboxylic acids is 1. The quantitative estimate of drug-likeness (QED) is 0.643. The van der Waals surface area contributed by atoms with Gasteiger partial charge in [0.05, 0.1) is 10.0 Å². The highest BCUT2D eigenvalue weighted by molar-refractivity contribution is 6.42. The van der Waals surface area contributed by atoms with Gasteiger partial charge in [0, 0.05) is 6.08 Å². The minimum Gasteiger partial charge on any atom is -0.479 e. The third-order valence-electron chi connectivity index (χ3n) is 1.76.